The van der Waals surface area contributed by atoms with E-state index in [-0.39, 0.29) is 17.2 Å². The number of hydrogen-bond acceptors (Lipinski definition) is 5. The quantitative estimate of drug-likeness (QED) is 0.735. The molecule has 0 radical (unpaired) electrons. The van der Waals surface area contributed by atoms with Crippen LogP contribution in [0.2, 0.25) is 0 Å². The highest BCUT2D eigenvalue weighted by molar-refractivity contribution is 8.18. The number of carboxylic acids is 1. The largest absolute Gasteiger partial charge is 0.507 e. The number of hydrogen-bond donors (Lipinski definition) is 3. The minimum absolute atomic E-state index is 0.244. The van der Waals surface area contributed by atoms with Crippen LogP contribution in [0.25, 0.3) is 6.08 Å². The normalized spacial score (nSPS) is 17.1. The maximum atomic E-state index is 12.1. The predicted molar refractivity (Wildman–Crippen MR) is 97.1 cm³/mol. The lowest BCUT2D eigenvalue weighted by atomic mass is 10.1. The third-order valence-corrected chi connectivity index (χ3v) is 4.48. The first-order valence-corrected chi connectivity index (χ1v) is 8.17. The van der Waals surface area contributed by atoms with Gasteiger partial charge < -0.3 is 15.5 Å². The van der Waals surface area contributed by atoms with E-state index in [2.05, 4.69) is 10.3 Å². The number of carbonyl (C=O) groups excluding carboxylic acids is 1. The van der Waals surface area contributed by atoms with Gasteiger partial charge in [0.25, 0.3) is 5.91 Å². The van der Waals surface area contributed by atoms with E-state index in [9.17, 15) is 14.7 Å². The van der Waals surface area contributed by atoms with Crippen molar-refractivity contribution in [3.8, 4) is 5.75 Å². The van der Waals surface area contributed by atoms with E-state index in [0.29, 0.717) is 15.8 Å². The van der Waals surface area contributed by atoms with E-state index in [1.807, 2.05) is 31.2 Å². The Bertz CT molecular complexity index is 934. The molecule has 1 heterocycles. The molecule has 1 saturated heterocycles. The van der Waals surface area contributed by atoms with Crippen LogP contribution in [0.15, 0.2) is 52.4 Å². The number of amidine groups is 1. The van der Waals surface area contributed by atoms with E-state index in [0.717, 1.165) is 11.1 Å². The fraction of sp³-hybridized carbons (Fsp3) is 0.0556. The van der Waals surface area contributed by atoms with Gasteiger partial charge in [0.1, 0.15) is 11.3 Å². The van der Waals surface area contributed by atoms with Crippen LogP contribution in [-0.4, -0.2) is 27.3 Å². The topological polar surface area (TPSA) is 99.0 Å². The Balaban J connectivity index is 1.88. The summed E-state index contributed by atoms with van der Waals surface area (Å²) in [5, 5.41) is 21.6. The predicted octanol–water partition coefficient (Wildman–Crippen LogP) is 3.29. The molecule has 25 heavy (non-hydrogen) atoms. The Morgan fingerprint density at radius 2 is 2.00 bits per heavy atom. The molecular formula is C18H14N2O4S. The summed E-state index contributed by atoms with van der Waals surface area (Å²) >= 11 is 1.18. The fourth-order valence-corrected chi connectivity index (χ4v) is 3.09. The van der Waals surface area contributed by atoms with Crippen LogP contribution in [0.1, 0.15) is 21.5 Å². The van der Waals surface area contributed by atoms with Gasteiger partial charge in [-0.05, 0) is 54.1 Å². The van der Waals surface area contributed by atoms with Gasteiger partial charge in [-0.2, -0.15) is 0 Å². The number of aryl methyl sites for hydroxylation is 1. The van der Waals surface area contributed by atoms with E-state index in [1.54, 1.807) is 6.08 Å². The monoisotopic (exact) mass is 354 g/mol. The van der Waals surface area contributed by atoms with Gasteiger partial charge in [0.05, 0.1) is 10.6 Å². The number of rotatable bonds is 3. The highest BCUT2D eigenvalue weighted by atomic mass is 32.2. The Morgan fingerprint density at radius 1 is 1.24 bits per heavy atom. The van der Waals surface area contributed by atoms with Crippen molar-refractivity contribution in [2.24, 2.45) is 4.99 Å². The van der Waals surface area contributed by atoms with Crippen LogP contribution >= 0.6 is 11.8 Å². The lowest BCUT2D eigenvalue weighted by Gasteiger charge is -2.01. The molecule has 0 saturated carbocycles. The van der Waals surface area contributed by atoms with Crippen LogP contribution in [-0.2, 0) is 4.79 Å². The van der Waals surface area contributed by atoms with Gasteiger partial charge in [-0.25, -0.2) is 9.79 Å². The van der Waals surface area contributed by atoms with Gasteiger partial charge in [0.2, 0.25) is 0 Å². The molecule has 1 amide bonds. The Labute approximate surface area is 147 Å². The molecule has 3 rings (SSSR count). The second-order valence-corrected chi connectivity index (χ2v) is 6.38. The van der Waals surface area contributed by atoms with Crippen molar-refractivity contribution in [1.82, 2.24) is 5.32 Å². The van der Waals surface area contributed by atoms with E-state index in [4.69, 9.17) is 5.11 Å². The van der Waals surface area contributed by atoms with Gasteiger partial charge in [0, 0.05) is 0 Å². The van der Waals surface area contributed by atoms with Gasteiger partial charge >= 0.3 is 5.97 Å². The van der Waals surface area contributed by atoms with E-state index < -0.39 is 5.97 Å². The minimum Gasteiger partial charge on any atom is -0.507 e. The Kier molecular flexibility index (Phi) is 4.58. The molecule has 7 heteroatoms. The second kappa shape index (κ2) is 6.82. The first-order chi connectivity index (χ1) is 11.9. The van der Waals surface area contributed by atoms with Crippen LogP contribution < -0.4 is 5.32 Å². The molecule has 0 aromatic heterocycles. The van der Waals surface area contributed by atoms with Crippen LogP contribution in [0.5, 0.6) is 5.75 Å². The molecule has 1 aliphatic heterocycles. The molecule has 1 fully saturated rings. The molecule has 2 aromatic carbocycles. The van der Waals surface area contributed by atoms with Crippen molar-refractivity contribution in [2.75, 3.05) is 0 Å². The van der Waals surface area contributed by atoms with Crippen LogP contribution in [0, 0.1) is 6.92 Å². The number of aromatic carboxylic acids is 1. The van der Waals surface area contributed by atoms with Gasteiger partial charge in [-0.15, -0.1) is 0 Å². The molecule has 0 bridgehead atoms. The van der Waals surface area contributed by atoms with Crippen LogP contribution in [0.4, 0.5) is 5.69 Å². The number of aliphatic imine (C=N–C) groups is 1. The summed E-state index contributed by atoms with van der Waals surface area (Å²) < 4.78 is 0. The number of benzene rings is 2. The average Bonchev–Trinajstić information content (AvgIpc) is 2.90. The molecule has 0 aliphatic carbocycles. The van der Waals surface area contributed by atoms with Gasteiger partial charge in [0.15, 0.2) is 5.17 Å². The lowest BCUT2D eigenvalue weighted by Crippen LogP contribution is -2.19. The maximum Gasteiger partial charge on any atom is 0.339 e. The van der Waals surface area contributed by atoms with Crippen molar-refractivity contribution in [3.05, 3.63) is 64.1 Å². The number of carbonyl (C=O) groups is 2. The van der Waals surface area contributed by atoms with E-state index >= 15 is 0 Å². The molecule has 6 nitrogen and oxygen atoms in total. The molecule has 2 aromatic rings. The number of nitrogens with zero attached hydrogens (tertiary/aromatic N) is 1. The SMILES string of the molecule is Cc1ccccc1/C=C1\SC(=Nc2ccc(O)c(C(=O)O)c2)NC1=O. The summed E-state index contributed by atoms with van der Waals surface area (Å²) in [5.41, 5.74) is 2.08. The number of amides is 1. The summed E-state index contributed by atoms with van der Waals surface area (Å²) in [4.78, 5) is 27.9. The average molecular weight is 354 g/mol. The molecular weight excluding hydrogens is 340 g/mol. The molecule has 3 N–H and O–H groups in total. The number of carboxylic acid groups (broad SMARTS) is 1. The molecule has 0 unspecified atom stereocenters. The number of phenols is 1. The highest BCUT2D eigenvalue weighted by Gasteiger charge is 2.24. The van der Waals surface area contributed by atoms with E-state index in [1.165, 1.54) is 30.0 Å². The zero-order chi connectivity index (χ0) is 18.0. The summed E-state index contributed by atoms with van der Waals surface area (Å²) in [7, 11) is 0. The third-order valence-electron chi connectivity index (χ3n) is 3.57. The summed E-state index contributed by atoms with van der Waals surface area (Å²) in [6, 6.07) is 11.7. The van der Waals surface area contributed by atoms with Crippen molar-refractivity contribution >= 4 is 40.6 Å². The van der Waals surface area contributed by atoms with Crippen molar-refractivity contribution in [2.45, 2.75) is 6.92 Å². The van der Waals surface area contributed by atoms with Crippen molar-refractivity contribution in [1.29, 1.82) is 0 Å². The summed E-state index contributed by atoms with van der Waals surface area (Å²) in [5.74, 6) is -1.84. The molecule has 126 valence electrons. The van der Waals surface area contributed by atoms with Crippen LogP contribution in [0.3, 0.4) is 0 Å². The first-order valence-electron chi connectivity index (χ1n) is 7.35. The van der Waals surface area contributed by atoms with Crippen molar-refractivity contribution in [3.63, 3.8) is 0 Å². The number of aromatic hydroxyl groups is 1. The Morgan fingerprint density at radius 3 is 2.72 bits per heavy atom. The maximum absolute atomic E-state index is 12.1. The Hall–Kier alpha value is -3.06. The second-order valence-electron chi connectivity index (χ2n) is 5.34. The zero-order valence-electron chi connectivity index (χ0n) is 13.2. The zero-order valence-corrected chi connectivity index (χ0v) is 14.0. The lowest BCUT2D eigenvalue weighted by molar-refractivity contribution is -0.115. The summed E-state index contributed by atoms with van der Waals surface area (Å²) in [6.07, 6.45) is 1.79. The van der Waals surface area contributed by atoms with Crippen molar-refractivity contribution < 1.29 is 19.8 Å². The standard InChI is InChI=1S/C18H14N2O4S/c1-10-4-2-3-5-11(10)8-15-16(22)20-18(25-15)19-12-6-7-14(21)13(9-12)17(23)24/h2-9,21H,1H3,(H,23,24)(H,19,20,22)/b15-8-. The van der Waals surface area contributed by atoms with Gasteiger partial charge in [-0.1, -0.05) is 24.3 Å². The number of nitrogens with one attached hydrogen (secondary N) is 1. The van der Waals surface area contributed by atoms with Gasteiger partial charge in [-0.3, -0.25) is 4.79 Å². The first kappa shape index (κ1) is 16.8. The molecule has 0 spiro atoms. The third kappa shape index (κ3) is 3.72. The fourth-order valence-electron chi connectivity index (χ4n) is 2.25. The smallest absolute Gasteiger partial charge is 0.339 e. The molecule has 0 atom stereocenters. The molecule has 1 aliphatic rings. The summed E-state index contributed by atoms with van der Waals surface area (Å²) in [6.45, 7) is 1.96. The number of thioether (sulfide) groups is 1. The highest BCUT2D eigenvalue weighted by Crippen LogP contribution is 2.30. The minimum atomic E-state index is -1.25.